The first kappa shape index (κ1) is 14.3. The van der Waals surface area contributed by atoms with E-state index >= 15 is 0 Å². The molecular formula is C12H23NO4. The zero-order chi connectivity index (χ0) is 13.1. The van der Waals surface area contributed by atoms with Gasteiger partial charge in [-0.05, 0) is 33.1 Å². The van der Waals surface area contributed by atoms with E-state index in [4.69, 9.17) is 4.74 Å². The predicted octanol–water partition coefficient (Wildman–Crippen LogP) is 1.38. The molecule has 0 aromatic carbocycles. The molecule has 0 spiro atoms. The van der Waals surface area contributed by atoms with Crippen LogP contribution in [-0.4, -0.2) is 34.2 Å². The molecule has 1 saturated carbocycles. The molecule has 0 aromatic rings. The van der Waals surface area contributed by atoms with Crippen molar-refractivity contribution in [3.8, 4) is 0 Å². The van der Waals surface area contributed by atoms with Gasteiger partial charge < -0.3 is 20.3 Å². The number of carbonyl (C=O) groups is 1. The number of alkyl carbamates (subject to hydrolysis) is 1. The second kappa shape index (κ2) is 5.69. The molecule has 1 fully saturated rings. The van der Waals surface area contributed by atoms with Crippen molar-refractivity contribution in [2.45, 2.75) is 64.4 Å². The van der Waals surface area contributed by atoms with Gasteiger partial charge >= 0.3 is 6.09 Å². The number of aliphatic hydroxyl groups is 2. The minimum atomic E-state index is -1.54. The van der Waals surface area contributed by atoms with Crippen molar-refractivity contribution < 1.29 is 19.7 Å². The Balaban J connectivity index is 2.39. The maximum absolute atomic E-state index is 11.5. The third-order valence-electron chi connectivity index (χ3n) is 2.87. The van der Waals surface area contributed by atoms with Crippen LogP contribution < -0.4 is 5.32 Å². The van der Waals surface area contributed by atoms with Gasteiger partial charge in [-0.25, -0.2) is 4.79 Å². The van der Waals surface area contributed by atoms with Gasteiger partial charge in [0.25, 0.3) is 0 Å². The van der Waals surface area contributed by atoms with Crippen LogP contribution in [0.3, 0.4) is 0 Å². The summed E-state index contributed by atoms with van der Waals surface area (Å²) in [6, 6.07) is -0.643. The van der Waals surface area contributed by atoms with Crippen molar-refractivity contribution in [3.63, 3.8) is 0 Å². The lowest BCUT2D eigenvalue weighted by Crippen LogP contribution is -2.46. The fraction of sp³-hybridized carbons (Fsp3) is 0.917. The molecule has 0 saturated heterocycles. The lowest BCUT2D eigenvalue weighted by atomic mass is 9.81. The number of hydrogen-bond acceptors (Lipinski definition) is 4. The van der Waals surface area contributed by atoms with Crippen LogP contribution in [-0.2, 0) is 4.74 Å². The van der Waals surface area contributed by atoms with Gasteiger partial charge in [0.2, 0.25) is 0 Å². The van der Waals surface area contributed by atoms with E-state index in [1.54, 1.807) is 20.8 Å². The first-order valence-electron chi connectivity index (χ1n) is 6.13. The third-order valence-corrected chi connectivity index (χ3v) is 2.87. The Hall–Kier alpha value is -0.810. The molecule has 1 aliphatic rings. The number of rotatable bonds is 4. The van der Waals surface area contributed by atoms with Gasteiger partial charge in [0.15, 0.2) is 6.29 Å². The SMILES string of the molecule is CC(C)(C)OC(=O)NC(CC1CCC1)C(O)O. The van der Waals surface area contributed by atoms with E-state index in [1.807, 2.05) is 0 Å². The van der Waals surface area contributed by atoms with Crippen molar-refractivity contribution in [1.29, 1.82) is 0 Å². The molecule has 5 nitrogen and oxygen atoms in total. The van der Waals surface area contributed by atoms with Crippen molar-refractivity contribution in [3.05, 3.63) is 0 Å². The third kappa shape index (κ3) is 5.37. The summed E-state index contributed by atoms with van der Waals surface area (Å²) in [4.78, 5) is 11.5. The van der Waals surface area contributed by atoms with Gasteiger partial charge in [-0.3, -0.25) is 0 Å². The number of amides is 1. The number of hydrogen-bond donors (Lipinski definition) is 3. The normalized spacial score (nSPS) is 18.7. The van der Waals surface area contributed by atoms with Crippen LogP contribution in [0.25, 0.3) is 0 Å². The number of nitrogens with one attached hydrogen (secondary N) is 1. The van der Waals surface area contributed by atoms with Crippen LogP contribution in [0.2, 0.25) is 0 Å². The summed E-state index contributed by atoms with van der Waals surface area (Å²) in [6.45, 7) is 5.30. The van der Waals surface area contributed by atoms with Gasteiger partial charge in [0, 0.05) is 0 Å². The monoisotopic (exact) mass is 245 g/mol. The Morgan fingerprint density at radius 3 is 2.35 bits per heavy atom. The summed E-state index contributed by atoms with van der Waals surface area (Å²) in [7, 11) is 0. The predicted molar refractivity (Wildman–Crippen MR) is 63.3 cm³/mol. The van der Waals surface area contributed by atoms with Gasteiger partial charge in [-0.15, -0.1) is 0 Å². The molecule has 1 aliphatic carbocycles. The van der Waals surface area contributed by atoms with Crippen LogP contribution in [0.4, 0.5) is 4.79 Å². The molecule has 1 atom stereocenters. The zero-order valence-corrected chi connectivity index (χ0v) is 10.8. The lowest BCUT2D eigenvalue weighted by molar-refractivity contribution is -0.0750. The Labute approximate surface area is 102 Å². The molecular weight excluding hydrogens is 222 g/mol. The van der Waals surface area contributed by atoms with E-state index in [2.05, 4.69) is 5.32 Å². The molecule has 0 aliphatic heterocycles. The maximum atomic E-state index is 11.5. The van der Waals surface area contributed by atoms with Gasteiger partial charge in [0.05, 0.1) is 6.04 Å². The van der Waals surface area contributed by atoms with Gasteiger partial charge in [-0.2, -0.15) is 0 Å². The molecule has 0 bridgehead atoms. The van der Waals surface area contributed by atoms with E-state index in [0.717, 1.165) is 12.8 Å². The molecule has 5 heteroatoms. The zero-order valence-electron chi connectivity index (χ0n) is 10.8. The van der Waals surface area contributed by atoms with E-state index in [0.29, 0.717) is 12.3 Å². The molecule has 1 unspecified atom stereocenters. The summed E-state index contributed by atoms with van der Waals surface area (Å²) in [5, 5.41) is 20.9. The molecule has 0 aromatic heterocycles. The smallest absolute Gasteiger partial charge is 0.408 e. The van der Waals surface area contributed by atoms with Crippen LogP contribution in [0.1, 0.15) is 46.5 Å². The molecule has 17 heavy (non-hydrogen) atoms. The van der Waals surface area contributed by atoms with E-state index in [1.165, 1.54) is 6.42 Å². The molecule has 1 amide bonds. The molecule has 1 rings (SSSR count). The Morgan fingerprint density at radius 2 is 2.00 bits per heavy atom. The lowest BCUT2D eigenvalue weighted by Gasteiger charge is -2.31. The molecule has 100 valence electrons. The van der Waals surface area contributed by atoms with Crippen LogP contribution in [0, 0.1) is 5.92 Å². The average molecular weight is 245 g/mol. The highest BCUT2D eigenvalue weighted by molar-refractivity contribution is 5.68. The van der Waals surface area contributed by atoms with Crippen LogP contribution in [0.5, 0.6) is 0 Å². The van der Waals surface area contributed by atoms with Crippen molar-refractivity contribution in [2.24, 2.45) is 5.92 Å². The molecule has 3 N–H and O–H groups in total. The van der Waals surface area contributed by atoms with Crippen molar-refractivity contribution in [2.75, 3.05) is 0 Å². The summed E-state index contributed by atoms with van der Waals surface area (Å²) in [6.07, 6.45) is 1.83. The highest BCUT2D eigenvalue weighted by Crippen LogP contribution is 2.30. The van der Waals surface area contributed by atoms with Gasteiger partial charge in [0.1, 0.15) is 5.60 Å². The van der Waals surface area contributed by atoms with E-state index in [9.17, 15) is 15.0 Å². The summed E-state index contributed by atoms with van der Waals surface area (Å²) in [5.74, 6) is 0.483. The maximum Gasteiger partial charge on any atom is 0.408 e. The average Bonchev–Trinajstić information content (AvgIpc) is 2.05. The minimum absolute atomic E-state index is 0.483. The Kier molecular flexibility index (Phi) is 4.77. The Morgan fingerprint density at radius 1 is 1.41 bits per heavy atom. The highest BCUT2D eigenvalue weighted by Gasteiger charge is 2.28. The summed E-state index contributed by atoms with van der Waals surface area (Å²) in [5.41, 5.74) is -0.578. The van der Waals surface area contributed by atoms with E-state index < -0.39 is 24.0 Å². The first-order chi connectivity index (χ1) is 7.78. The summed E-state index contributed by atoms with van der Waals surface area (Å²) >= 11 is 0. The second-order valence-electron chi connectivity index (χ2n) is 5.70. The van der Waals surface area contributed by atoms with Crippen molar-refractivity contribution in [1.82, 2.24) is 5.32 Å². The van der Waals surface area contributed by atoms with Crippen LogP contribution >= 0.6 is 0 Å². The fourth-order valence-electron chi connectivity index (χ4n) is 1.80. The Bertz CT molecular complexity index is 256. The van der Waals surface area contributed by atoms with E-state index in [-0.39, 0.29) is 0 Å². The molecule has 0 radical (unpaired) electrons. The standard InChI is InChI=1S/C12H23NO4/c1-12(2,3)17-11(16)13-9(10(14)15)7-8-5-4-6-8/h8-10,14-15H,4-7H2,1-3H3,(H,13,16). The van der Waals surface area contributed by atoms with Crippen molar-refractivity contribution >= 4 is 6.09 Å². The first-order valence-corrected chi connectivity index (χ1v) is 6.13. The molecule has 0 heterocycles. The summed E-state index contributed by atoms with van der Waals surface area (Å²) < 4.78 is 5.08. The fourth-order valence-corrected chi connectivity index (χ4v) is 1.80. The number of aliphatic hydroxyl groups excluding tert-OH is 1. The quantitative estimate of drug-likeness (QED) is 0.654. The second-order valence-corrected chi connectivity index (χ2v) is 5.70. The minimum Gasteiger partial charge on any atom is -0.444 e. The van der Waals surface area contributed by atoms with Gasteiger partial charge in [-0.1, -0.05) is 19.3 Å². The highest BCUT2D eigenvalue weighted by atomic mass is 16.6. The number of ether oxygens (including phenoxy) is 1. The topological polar surface area (TPSA) is 78.8 Å². The van der Waals surface area contributed by atoms with Crippen LogP contribution in [0.15, 0.2) is 0 Å². The number of carbonyl (C=O) groups excluding carboxylic acids is 1. The largest absolute Gasteiger partial charge is 0.444 e.